The number of likely N-dealkylation sites (tertiary alicyclic amines) is 1. The van der Waals surface area contributed by atoms with Gasteiger partial charge < -0.3 is 15.5 Å². The van der Waals surface area contributed by atoms with E-state index in [1.165, 1.54) is 12.3 Å². The first-order valence-corrected chi connectivity index (χ1v) is 10.2. The Morgan fingerprint density at radius 3 is 2.93 bits per heavy atom. The summed E-state index contributed by atoms with van der Waals surface area (Å²) in [6.07, 6.45) is 6.26. The largest absolute Gasteiger partial charge is 0.355 e. The van der Waals surface area contributed by atoms with Gasteiger partial charge in [0.1, 0.15) is 5.82 Å². The van der Waals surface area contributed by atoms with E-state index in [-0.39, 0.29) is 29.3 Å². The molecule has 2 aromatic heterocycles. The van der Waals surface area contributed by atoms with Crippen LogP contribution in [-0.2, 0) is 11.2 Å². The van der Waals surface area contributed by atoms with Gasteiger partial charge in [-0.1, -0.05) is 0 Å². The SMILES string of the molecule is CN1C[C@@H](NC(=O)c2cncc(F)c2)CC[C@@H](C(=O)NCCc2nccs2)C1. The van der Waals surface area contributed by atoms with Crippen LogP contribution in [-0.4, -0.2) is 59.4 Å². The lowest BCUT2D eigenvalue weighted by Crippen LogP contribution is -2.42. The van der Waals surface area contributed by atoms with E-state index in [2.05, 4.69) is 20.6 Å². The molecule has 2 amide bonds. The molecule has 1 aliphatic heterocycles. The van der Waals surface area contributed by atoms with Crippen LogP contribution in [0.2, 0.25) is 0 Å². The van der Waals surface area contributed by atoms with Crippen molar-refractivity contribution in [1.82, 2.24) is 25.5 Å². The van der Waals surface area contributed by atoms with E-state index in [0.29, 0.717) is 32.5 Å². The Balaban J connectivity index is 1.49. The number of nitrogens with one attached hydrogen (secondary N) is 2. The fraction of sp³-hybridized carbons (Fsp3) is 0.474. The monoisotopic (exact) mass is 405 g/mol. The molecule has 9 heteroatoms. The number of pyridine rings is 1. The first-order chi connectivity index (χ1) is 13.5. The molecule has 1 fully saturated rings. The Bertz CT molecular complexity index is 801. The van der Waals surface area contributed by atoms with Crippen LogP contribution in [0, 0.1) is 11.7 Å². The van der Waals surface area contributed by atoms with Crippen molar-refractivity contribution in [2.45, 2.75) is 25.3 Å². The van der Waals surface area contributed by atoms with Gasteiger partial charge >= 0.3 is 0 Å². The van der Waals surface area contributed by atoms with Crippen LogP contribution in [0.15, 0.2) is 30.0 Å². The van der Waals surface area contributed by atoms with Gasteiger partial charge in [0.2, 0.25) is 5.91 Å². The first kappa shape index (κ1) is 20.3. The summed E-state index contributed by atoms with van der Waals surface area (Å²) in [6.45, 7) is 1.84. The zero-order valence-corrected chi connectivity index (χ0v) is 16.5. The van der Waals surface area contributed by atoms with Gasteiger partial charge in [0, 0.05) is 49.9 Å². The van der Waals surface area contributed by atoms with Crippen molar-refractivity contribution in [2.24, 2.45) is 5.92 Å². The molecule has 2 atom stereocenters. The van der Waals surface area contributed by atoms with Crippen LogP contribution in [0.25, 0.3) is 0 Å². The zero-order chi connectivity index (χ0) is 19.9. The average molecular weight is 405 g/mol. The number of hydrogen-bond donors (Lipinski definition) is 2. The summed E-state index contributed by atoms with van der Waals surface area (Å²) in [5.74, 6) is -0.986. The number of likely N-dealkylation sites (N-methyl/N-ethyl adjacent to an activating group) is 1. The van der Waals surface area contributed by atoms with Crippen molar-refractivity contribution >= 4 is 23.2 Å². The van der Waals surface area contributed by atoms with Crippen molar-refractivity contribution in [3.63, 3.8) is 0 Å². The number of nitrogens with zero attached hydrogens (tertiary/aromatic N) is 3. The van der Waals surface area contributed by atoms with E-state index in [0.717, 1.165) is 17.6 Å². The number of rotatable bonds is 6. The van der Waals surface area contributed by atoms with Crippen molar-refractivity contribution in [3.8, 4) is 0 Å². The fourth-order valence-electron chi connectivity index (χ4n) is 3.36. The van der Waals surface area contributed by atoms with Crippen molar-refractivity contribution in [3.05, 3.63) is 46.4 Å². The highest BCUT2D eigenvalue weighted by atomic mass is 32.1. The molecule has 0 saturated carbocycles. The molecule has 0 aromatic carbocycles. The van der Waals surface area contributed by atoms with Crippen LogP contribution < -0.4 is 10.6 Å². The van der Waals surface area contributed by atoms with Crippen LogP contribution in [0.5, 0.6) is 0 Å². The molecule has 7 nitrogen and oxygen atoms in total. The van der Waals surface area contributed by atoms with E-state index in [9.17, 15) is 14.0 Å². The van der Waals surface area contributed by atoms with Gasteiger partial charge in [0.05, 0.1) is 22.7 Å². The van der Waals surface area contributed by atoms with E-state index < -0.39 is 5.82 Å². The maximum atomic E-state index is 13.3. The molecule has 1 saturated heterocycles. The second kappa shape index (κ2) is 9.70. The molecule has 2 N–H and O–H groups in total. The highest BCUT2D eigenvalue weighted by Gasteiger charge is 2.27. The molecule has 3 heterocycles. The molecular weight excluding hydrogens is 381 g/mol. The predicted molar refractivity (Wildman–Crippen MR) is 104 cm³/mol. The molecule has 0 aliphatic carbocycles. The quantitative estimate of drug-likeness (QED) is 0.760. The second-order valence-electron chi connectivity index (χ2n) is 7.02. The molecule has 0 radical (unpaired) electrons. The second-order valence-corrected chi connectivity index (χ2v) is 8.00. The lowest BCUT2D eigenvalue weighted by Gasteiger charge is -2.21. The number of hydrogen-bond acceptors (Lipinski definition) is 6. The molecule has 1 aliphatic rings. The summed E-state index contributed by atoms with van der Waals surface area (Å²) in [6, 6.07) is 1.07. The number of carbonyl (C=O) groups excluding carboxylic acids is 2. The number of carbonyl (C=O) groups is 2. The Labute approximate surface area is 167 Å². The molecule has 0 bridgehead atoms. The Morgan fingerprint density at radius 1 is 1.32 bits per heavy atom. The van der Waals surface area contributed by atoms with Gasteiger partial charge in [0.25, 0.3) is 5.91 Å². The minimum atomic E-state index is -0.542. The van der Waals surface area contributed by atoms with Gasteiger partial charge in [-0.25, -0.2) is 9.37 Å². The molecule has 0 spiro atoms. The Hall–Kier alpha value is -2.39. The molecule has 28 heavy (non-hydrogen) atoms. The number of halogens is 1. The van der Waals surface area contributed by atoms with Crippen molar-refractivity contribution in [1.29, 1.82) is 0 Å². The minimum absolute atomic E-state index is 0.0321. The molecule has 0 unspecified atom stereocenters. The van der Waals surface area contributed by atoms with E-state index in [1.54, 1.807) is 17.5 Å². The van der Waals surface area contributed by atoms with E-state index in [1.807, 2.05) is 17.3 Å². The maximum absolute atomic E-state index is 13.3. The van der Waals surface area contributed by atoms with Crippen LogP contribution in [0.1, 0.15) is 28.2 Å². The third-order valence-corrected chi connectivity index (χ3v) is 5.56. The smallest absolute Gasteiger partial charge is 0.253 e. The number of thiazole rings is 1. The molecule has 2 aromatic rings. The average Bonchev–Trinajstić information content (AvgIpc) is 3.11. The van der Waals surface area contributed by atoms with Gasteiger partial charge in [-0.2, -0.15) is 0 Å². The van der Waals surface area contributed by atoms with E-state index >= 15 is 0 Å². The molecular formula is C19H24FN5O2S. The maximum Gasteiger partial charge on any atom is 0.253 e. The van der Waals surface area contributed by atoms with Crippen LogP contribution in [0.4, 0.5) is 4.39 Å². The van der Waals surface area contributed by atoms with Crippen molar-refractivity contribution in [2.75, 3.05) is 26.7 Å². The summed E-state index contributed by atoms with van der Waals surface area (Å²) in [4.78, 5) is 34.8. The third-order valence-electron chi connectivity index (χ3n) is 4.72. The normalized spacial score (nSPS) is 20.4. The summed E-state index contributed by atoms with van der Waals surface area (Å²) in [7, 11) is 1.93. The van der Waals surface area contributed by atoms with E-state index in [4.69, 9.17) is 0 Å². The topological polar surface area (TPSA) is 87.2 Å². The Morgan fingerprint density at radius 2 is 2.18 bits per heavy atom. The van der Waals surface area contributed by atoms with Gasteiger partial charge in [-0.3, -0.25) is 14.6 Å². The van der Waals surface area contributed by atoms with Crippen LogP contribution in [0.3, 0.4) is 0 Å². The third kappa shape index (κ3) is 5.80. The van der Waals surface area contributed by atoms with Gasteiger partial charge in [0.15, 0.2) is 0 Å². The summed E-state index contributed by atoms with van der Waals surface area (Å²) in [5, 5.41) is 8.85. The minimum Gasteiger partial charge on any atom is -0.355 e. The standard InChI is InChI=1S/C19H24FN5O2S/c1-25-11-13(18(26)23-5-4-17-22-6-7-28-17)2-3-16(12-25)24-19(27)14-8-15(20)10-21-9-14/h6-10,13,16H,2-5,11-12H2,1H3,(H,23,26)(H,24,27)/t13-,16+/m1/s1. The summed E-state index contributed by atoms with van der Waals surface area (Å²) < 4.78 is 13.3. The molecule has 3 rings (SSSR count). The lowest BCUT2D eigenvalue weighted by atomic mass is 10.0. The highest BCUT2D eigenvalue weighted by Crippen LogP contribution is 2.17. The summed E-state index contributed by atoms with van der Waals surface area (Å²) in [5.41, 5.74) is 0.198. The zero-order valence-electron chi connectivity index (χ0n) is 15.7. The number of amides is 2. The fourth-order valence-corrected chi connectivity index (χ4v) is 3.98. The van der Waals surface area contributed by atoms with Gasteiger partial charge in [-0.05, 0) is 26.0 Å². The first-order valence-electron chi connectivity index (χ1n) is 9.27. The van der Waals surface area contributed by atoms with Crippen molar-refractivity contribution < 1.29 is 14.0 Å². The summed E-state index contributed by atoms with van der Waals surface area (Å²) >= 11 is 1.58. The Kier molecular flexibility index (Phi) is 7.05. The molecule has 150 valence electrons. The van der Waals surface area contributed by atoms with Crippen LogP contribution >= 0.6 is 11.3 Å². The lowest BCUT2D eigenvalue weighted by molar-refractivity contribution is -0.125. The predicted octanol–water partition coefficient (Wildman–Crippen LogP) is 1.48. The highest BCUT2D eigenvalue weighted by molar-refractivity contribution is 7.09. The van der Waals surface area contributed by atoms with Gasteiger partial charge in [-0.15, -0.1) is 11.3 Å². The number of aromatic nitrogens is 2.